The largest absolute Gasteiger partial charge is 0.494 e. The molecule has 0 saturated carbocycles. The van der Waals surface area contributed by atoms with E-state index in [4.69, 9.17) is 9.15 Å². The Hall–Kier alpha value is -3.80. The Bertz CT molecular complexity index is 1180. The molecule has 2 aromatic carbocycles. The van der Waals surface area contributed by atoms with Crippen molar-refractivity contribution in [1.82, 2.24) is 9.99 Å². The molecule has 0 saturated heterocycles. The average Bonchev–Trinajstić information content (AvgIpc) is 3.30. The molecule has 4 rings (SSSR count). The van der Waals surface area contributed by atoms with Gasteiger partial charge >= 0.3 is 5.91 Å². The van der Waals surface area contributed by atoms with E-state index in [0.29, 0.717) is 12.2 Å². The normalized spacial score (nSPS) is 11.3. The zero-order chi connectivity index (χ0) is 21.1. The first-order valence-electron chi connectivity index (χ1n) is 9.81. The predicted octanol–water partition coefficient (Wildman–Crippen LogP) is 5.00. The van der Waals surface area contributed by atoms with E-state index in [2.05, 4.69) is 15.1 Å². The fourth-order valence-corrected chi connectivity index (χ4v) is 3.48. The molecular weight excluding hydrogens is 378 g/mol. The van der Waals surface area contributed by atoms with Crippen LogP contribution in [0.25, 0.3) is 16.7 Å². The number of para-hydroxylation sites is 1. The molecule has 6 nitrogen and oxygen atoms in total. The number of hydrogen-bond acceptors (Lipinski definition) is 4. The quantitative estimate of drug-likeness (QED) is 0.365. The molecule has 0 bridgehead atoms. The molecule has 1 N–H and O–H groups in total. The van der Waals surface area contributed by atoms with Crippen molar-refractivity contribution < 1.29 is 13.9 Å². The molecule has 0 fully saturated rings. The molecule has 0 radical (unpaired) electrons. The number of furan rings is 1. The van der Waals surface area contributed by atoms with E-state index in [0.717, 1.165) is 33.8 Å². The number of hydrazone groups is 1. The number of amides is 1. The van der Waals surface area contributed by atoms with Crippen molar-refractivity contribution in [3.05, 3.63) is 83.4 Å². The van der Waals surface area contributed by atoms with Crippen LogP contribution in [0.5, 0.6) is 5.75 Å². The summed E-state index contributed by atoms with van der Waals surface area (Å²) in [5.41, 5.74) is 7.27. The lowest BCUT2D eigenvalue weighted by molar-refractivity contribution is 0.0929. The summed E-state index contributed by atoms with van der Waals surface area (Å²) in [4.78, 5) is 12.3. The summed E-state index contributed by atoms with van der Waals surface area (Å²) in [7, 11) is 0. The second-order valence-electron chi connectivity index (χ2n) is 6.94. The van der Waals surface area contributed by atoms with Crippen LogP contribution >= 0.6 is 0 Å². The van der Waals surface area contributed by atoms with Crippen LogP contribution in [0.1, 0.15) is 34.4 Å². The van der Waals surface area contributed by atoms with E-state index in [1.807, 2.05) is 75.4 Å². The van der Waals surface area contributed by atoms with Crippen LogP contribution in [0.4, 0.5) is 0 Å². The van der Waals surface area contributed by atoms with Crippen molar-refractivity contribution in [2.75, 3.05) is 6.61 Å². The number of ether oxygens (including phenoxy) is 1. The fraction of sp³-hybridized carbons (Fsp3) is 0.167. The molecule has 0 aliphatic carbocycles. The highest BCUT2D eigenvalue weighted by molar-refractivity contribution is 5.96. The van der Waals surface area contributed by atoms with Crippen molar-refractivity contribution in [3.8, 4) is 11.4 Å². The van der Waals surface area contributed by atoms with Gasteiger partial charge < -0.3 is 13.7 Å². The molecular formula is C24H23N3O3. The number of benzene rings is 2. The third kappa shape index (κ3) is 3.85. The van der Waals surface area contributed by atoms with Gasteiger partial charge in [-0.05, 0) is 63.2 Å². The van der Waals surface area contributed by atoms with Crippen LogP contribution in [0.3, 0.4) is 0 Å². The number of hydrogen-bond donors (Lipinski definition) is 1. The summed E-state index contributed by atoms with van der Waals surface area (Å²) in [6.07, 6.45) is 1.65. The van der Waals surface area contributed by atoms with Gasteiger partial charge in [-0.25, -0.2) is 5.43 Å². The Morgan fingerprint density at radius 3 is 2.63 bits per heavy atom. The second-order valence-corrected chi connectivity index (χ2v) is 6.94. The molecule has 4 aromatic rings. The van der Waals surface area contributed by atoms with Gasteiger partial charge in [-0.15, -0.1) is 0 Å². The summed E-state index contributed by atoms with van der Waals surface area (Å²) in [6, 6.07) is 19.2. The van der Waals surface area contributed by atoms with Crippen molar-refractivity contribution in [3.63, 3.8) is 0 Å². The number of carbonyl (C=O) groups is 1. The summed E-state index contributed by atoms with van der Waals surface area (Å²) in [5.74, 6) is 0.690. The Morgan fingerprint density at radius 1 is 1.13 bits per heavy atom. The van der Waals surface area contributed by atoms with Gasteiger partial charge in [0.2, 0.25) is 0 Å². The summed E-state index contributed by atoms with van der Waals surface area (Å²) in [6.45, 7) is 6.66. The van der Waals surface area contributed by atoms with Gasteiger partial charge in [-0.2, -0.15) is 5.10 Å². The molecule has 2 heterocycles. The topological polar surface area (TPSA) is 68.8 Å². The van der Waals surface area contributed by atoms with Crippen LogP contribution < -0.4 is 10.2 Å². The molecule has 30 heavy (non-hydrogen) atoms. The number of rotatable bonds is 6. The fourth-order valence-electron chi connectivity index (χ4n) is 3.48. The lowest BCUT2D eigenvalue weighted by Crippen LogP contribution is -2.16. The highest BCUT2D eigenvalue weighted by Crippen LogP contribution is 2.22. The first-order chi connectivity index (χ1) is 14.6. The van der Waals surface area contributed by atoms with Crippen molar-refractivity contribution >= 4 is 23.1 Å². The summed E-state index contributed by atoms with van der Waals surface area (Å²) < 4.78 is 13.2. The SMILES string of the molecule is CCOc1ccc(-n2c(C)cc(/C=N/NC(=O)c3cc4ccccc4o3)c2C)cc1. The Balaban J connectivity index is 1.50. The number of fused-ring (bicyclic) bond motifs is 1. The van der Waals surface area contributed by atoms with Gasteiger partial charge in [-0.3, -0.25) is 4.79 Å². The summed E-state index contributed by atoms with van der Waals surface area (Å²) >= 11 is 0. The van der Waals surface area contributed by atoms with E-state index >= 15 is 0 Å². The average molecular weight is 401 g/mol. The van der Waals surface area contributed by atoms with Gasteiger partial charge in [0.15, 0.2) is 5.76 Å². The van der Waals surface area contributed by atoms with Gasteiger partial charge in [0.25, 0.3) is 0 Å². The standard InChI is InChI=1S/C24H23N3O3/c1-4-29-21-11-9-20(10-12-21)27-16(2)13-19(17(27)3)15-25-26-24(28)23-14-18-7-5-6-8-22(18)30-23/h5-15H,4H2,1-3H3,(H,26,28)/b25-15+. The first kappa shape index (κ1) is 19.5. The van der Waals surface area contributed by atoms with Crippen LogP contribution in [0.15, 0.2) is 70.2 Å². The predicted molar refractivity (Wildman–Crippen MR) is 118 cm³/mol. The zero-order valence-corrected chi connectivity index (χ0v) is 17.2. The monoisotopic (exact) mass is 401 g/mol. The number of carbonyl (C=O) groups excluding carboxylic acids is 1. The van der Waals surface area contributed by atoms with E-state index in [9.17, 15) is 4.79 Å². The maximum atomic E-state index is 12.3. The molecule has 2 aromatic heterocycles. The van der Waals surface area contributed by atoms with Crippen LogP contribution in [-0.4, -0.2) is 23.3 Å². The first-order valence-corrected chi connectivity index (χ1v) is 9.81. The van der Waals surface area contributed by atoms with Gasteiger partial charge in [0.1, 0.15) is 11.3 Å². The van der Waals surface area contributed by atoms with Gasteiger partial charge in [0, 0.05) is 28.0 Å². The molecule has 1 amide bonds. The molecule has 0 unspecified atom stereocenters. The minimum absolute atomic E-state index is 0.230. The molecule has 0 aliphatic rings. The van der Waals surface area contributed by atoms with Gasteiger partial charge in [-0.1, -0.05) is 18.2 Å². The van der Waals surface area contributed by atoms with Crippen LogP contribution in [-0.2, 0) is 0 Å². The lowest BCUT2D eigenvalue weighted by atomic mass is 10.2. The third-order valence-electron chi connectivity index (χ3n) is 4.90. The molecule has 0 aliphatic heterocycles. The third-order valence-corrected chi connectivity index (χ3v) is 4.90. The Labute approximate surface area is 174 Å². The second kappa shape index (κ2) is 8.29. The number of aromatic nitrogens is 1. The highest BCUT2D eigenvalue weighted by Gasteiger charge is 2.12. The minimum Gasteiger partial charge on any atom is -0.494 e. The molecule has 0 atom stereocenters. The number of nitrogens with zero attached hydrogens (tertiary/aromatic N) is 2. The number of aryl methyl sites for hydroxylation is 1. The maximum Gasteiger partial charge on any atom is 0.307 e. The molecule has 152 valence electrons. The van der Waals surface area contributed by atoms with Crippen LogP contribution in [0, 0.1) is 13.8 Å². The van der Waals surface area contributed by atoms with Crippen molar-refractivity contribution in [1.29, 1.82) is 0 Å². The Kier molecular flexibility index (Phi) is 5.39. The zero-order valence-electron chi connectivity index (χ0n) is 17.2. The minimum atomic E-state index is -0.386. The van der Waals surface area contributed by atoms with Crippen molar-refractivity contribution in [2.24, 2.45) is 5.10 Å². The summed E-state index contributed by atoms with van der Waals surface area (Å²) in [5, 5.41) is 5.00. The maximum absolute atomic E-state index is 12.3. The Morgan fingerprint density at radius 2 is 1.90 bits per heavy atom. The van der Waals surface area contributed by atoms with E-state index in [-0.39, 0.29) is 11.7 Å². The van der Waals surface area contributed by atoms with Crippen LogP contribution in [0.2, 0.25) is 0 Å². The smallest absolute Gasteiger partial charge is 0.307 e. The highest BCUT2D eigenvalue weighted by atomic mass is 16.5. The van der Waals surface area contributed by atoms with E-state index < -0.39 is 0 Å². The molecule has 6 heteroatoms. The lowest BCUT2D eigenvalue weighted by Gasteiger charge is -2.10. The molecule has 0 spiro atoms. The van der Waals surface area contributed by atoms with E-state index in [1.54, 1.807) is 12.3 Å². The number of nitrogens with one attached hydrogen (secondary N) is 1. The van der Waals surface area contributed by atoms with Crippen molar-refractivity contribution in [2.45, 2.75) is 20.8 Å². The van der Waals surface area contributed by atoms with E-state index in [1.165, 1.54) is 0 Å². The van der Waals surface area contributed by atoms with Gasteiger partial charge in [0.05, 0.1) is 12.8 Å².